The van der Waals surface area contributed by atoms with Gasteiger partial charge in [-0.25, -0.2) is 0 Å². The summed E-state index contributed by atoms with van der Waals surface area (Å²) in [6.45, 7) is 4.75. The summed E-state index contributed by atoms with van der Waals surface area (Å²) in [7, 11) is 1.54. The van der Waals surface area contributed by atoms with Crippen LogP contribution in [0, 0.1) is 13.8 Å². The lowest BCUT2D eigenvalue weighted by atomic mass is 9.93. The number of likely N-dealkylation sites (tertiary alicyclic amines) is 1. The first kappa shape index (κ1) is 24.2. The number of nitrogens with zero attached hydrogens (tertiary/aromatic N) is 1. The van der Waals surface area contributed by atoms with E-state index in [0.29, 0.717) is 17.9 Å². The maximum Gasteiger partial charge on any atom is 0.295 e. The second-order valence-electron chi connectivity index (χ2n) is 8.65. The number of aliphatic hydroxyl groups excluding tert-OH is 1. The minimum atomic E-state index is -0.701. The van der Waals surface area contributed by atoms with Crippen LogP contribution in [0.25, 0.3) is 5.76 Å². The number of carbonyl (C=O) groups is 2. The maximum atomic E-state index is 13.1. The van der Waals surface area contributed by atoms with Crippen molar-refractivity contribution in [3.05, 3.63) is 106 Å². The molecule has 3 aromatic carbocycles. The van der Waals surface area contributed by atoms with Crippen molar-refractivity contribution in [3.63, 3.8) is 0 Å². The lowest BCUT2D eigenvalue weighted by molar-refractivity contribution is -0.140. The third-order valence-electron chi connectivity index (χ3n) is 6.17. The molecule has 0 spiro atoms. The van der Waals surface area contributed by atoms with Gasteiger partial charge in [-0.15, -0.1) is 0 Å². The molecule has 0 aromatic heterocycles. The van der Waals surface area contributed by atoms with Gasteiger partial charge in [0.15, 0.2) is 0 Å². The predicted molar refractivity (Wildman–Crippen MR) is 134 cm³/mol. The third-order valence-corrected chi connectivity index (χ3v) is 6.17. The highest BCUT2D eigenvalue weighted by Crippen LogP contribution is 2.40. The van der Waals surface area contributed by atoms with E-state index in [0.717, 1.165) is 22.3 Å². The van der Waals surface area contributed by atoms with Crippen LogP contribution in [0.4, 0.5) is 0 Å². The Morgan fingerprint density at radius 3 is 2.34 bits per heavy atom. The van der Waals surface area contributed by atoms with Gasteiger partial charge in [0.05, 0.1) is 18.2 Å². The van der Waals surface area contributed by atoms with E-state index in [2.05, 4.69) is 0 Å². The highest BCUT2D eigenvalue weighted by molar-refractivity contribution is 6.46. The van der Waals surface area contributed by atoms with Crippen molar-refractivity contribution >= 4 is 17.4 Å². The average Bonchev–Trinajstić information content (AvgIpc) is 3.12. The van der Waals surface area contributed by atoms with Crippen LogP contribution in [0.15, 0.2) is 78.4 Å². The zero-order chi connectivity index (χ0) is 24.9. The van der Waals surface area contributed by atoms with Crippen LogP contribution < -0.4 is 4.74 Å². The van der Waals surface area contributed by atoms with Gasteiger partial charge in [0.2, 0.25) is 0 Å². The molecule has 6 nitrogen and oxygen atoms in total. The quantitative estimate of drug-likeness (QED) is 0.286. The Balaban J connectivity index is 1.70. The maximum absolute atomic E-state index is 13.1. The molecule has 1 heterocycles. The number of rotatable bonds is 8. The van der Waals surface area contributed by atoms with Crippen molar-refractivity contribution in [1.29, 1.82) is 0 Å². The van der Waals surface area contributed by atoms with Crippen molar-refractivity contribution in [1.82, 2.24) is 4.90 Å². The van der Waals surface area contributed by atoms with E-state index in [4.69, 9.17) is 9.47 Å². The Kier molecular flexibility index (Phi) is 7.32. The minimum absolute atomic E-state index is 0.0796. The minimum Gasteiger partial charge on any atom is -0.507 e. The summed E-state index contributed by atoms with van der Waals surface area (Å²) in [5.41, 5.74) is 4.16. The number of carbonyl (C=O) groups excluding carboxylic acids is 2. The lowest BCUT2D eigenvalue weighted by Crippen LogP contribution is -2.32. The van der Waals surface area contributed by atoms with Crippen LogP contribution in [-0.2, 0) is 20.9 Å². The number of ether oxygens (including phenoxy) is 2. The molecule has 1 aliphatic rings. The Morgan fingerprint density at radius 1 is 0.971 bits per heavy atom. The molecule has 4 rings (SSSR count). The number of hydrogen-bond acceptors (Lipinski definition) is 5. The van der Waals surface area contributed by atoms with Gasteiger partial charge in [-0.1, -0.05) is 60.2 Å². The smallest absolute Gasteiger partial charge is 0.295 e. The molecule has 1 saturated heterocycles. The van der Waals surface area contributed by atoms with Crippen molar-refractivity contribution in [3.8, 4) is 5.75 Å². The first-order valence-electron chi connectivity index (χ1n) is 11.5. The normalized spacial score (nSPS) is 17.1. The fraction of sp³-hybridized carbons (Fsp3) is 0.241. The van der Waals surface area contributed by atoms with Crippen LogP contribution in [0.1, 0.15) is 33.9 Å². The van der Waals surface area contributed by atoms with Crippen LogP contribution in [0.3, 0.4) is 0 Å². The summed E-state index contributed by atoms with van der Waals surface area (Å²) >= 11 is 0. The van der Waals surface area contributed by atoms with Crippen molar-refractivity contribution in [2.24, 2.45) is 0 Å². The van der Waals surface area contributed by atoms with E-state index in [9.17, 15) is 14.7 Å². The summed E-state index contributed by atoms with van der Waals surface area (Å²) in [5.74, 6) is -0.887. The number of amides is 1. The number of ketones is 1. The number of hydrogen-bond donors (Lipinski definition) is 1. The lowest BCUT2D eigenvalue weighted by Gasteiger charge is -2.25. The molecule has 0 saturated carbocycles. The van der Waals surface area contributed by atoms with E-state index in [1.54, 1.807) is 19.2 Å². The Hall–Kier alpha value is -3.90. The first-order valence-corrected chi connectivity index (χ1v) is 11.5. The van der Waals surface area contributed by atoms with Crippen molar-refractivity contribution in [2.45, 2.75) is 26.5 Å². The van der Waals surface area contributed by atoms with Gasteiger partial charge in [-0.05, 0) is 48.7 Å². The highest BCUT2D eigenvalue weighted by Gasteiger charge is 2.45. The monoisotopic (exact) mass is 471 g/mol. The molecule has 180 valence electrons. The number of Topliss-reactive ketones (excluding diaryl/α,β-unsaturated/α-hetero) is 1. The van der Waals surface area contributed by atoms with Gasteiger partial charge in [-0.3, -0.25) is 9.59 Å². The molecule has 1 amide bonds. The van der Waals surface area contributed by atoms with Crippen molar-refractivity contribution in [2.75, 3.05) is 20.3 Å². The zero-order valence-electron chi connectivity index (χ0n) is 20.2. The summed E-state index contributed by atoms with van der Waals surface area (Å²) in [5, 5.41) is 11.3. The molecular weight excluding hydrogens is 442 g/mol. The Morgan fingerprint density at radius 2 is 1.69 bits per heavy atom. The van der Waals surface area contributed by atoms with Crippen LogP contribution >= 0.6 is 0 Å². The predicted octanol–water partition coefficient (Wildman–Crippen LogP) is 4.95. The van der Waals surface area contributed by atoms with Gasteiger partial charge < -0.3 is 19.5 Å². The molecule has 3 aromatic rings. The fourth-order valence-corrected chi connectivity index (χ4v) is 4.27. The Bertz CT molecular complexity index is 1250. The largest absolute Gasteiger partial charge is 0.507 e. The molecule has 0 radical (unpaired) electrons. The molecule has 1 N–H and O–H groups in total. The second-order valence-corrected chi connectivity index (χ2v) is 8.65. The fourth-order valence-electron chi connectivity index (χ4n) is 4.27. The summed E-state index contributed by atoms with van der Waals surface area (Å²) in [6.07, 6.45) is 0. The first-order chi connectivity index (χ1) is 16.9. The Labute approximate surface area is 205 Å². The van der Waals surface area contributed by atoms with Gasteiger partial charge in [0.1, 0.15) is 18.1 Å². The molecule has 0 bridgehead atoms. The number of aryl methyl sites for hydroxylation is 2. The average molecular weight is 472 g/mol. The summed E-state index contributed by atoms with van der Waals surface area (Å²) in [4.78, 5) is 27.5. The number of benzene rings is 3. The molecule has 0 unspecified atom stereocenters. The zero-order valence-corrected chi connectivity index (χ0v) is 20.2. The second kappa shape index (κ2) is 10.6. The number of aliphatic hydroxyl groups is 1. The van der Waals surface area contributed by atoms with Crippen LogP contribution in [-0.4, -0.2) is 42.0 Å². The third kappa shape index (κ3) is 5.12. The van der Waals surface area contributed by atoms with E-state index in [-0.39, 0.29) is 24.5 Å². The van der Waals surface area contributed by atoms with Gasteiger partial charge in [0, 0.05) is 19.2 Å². The van der Waals surface area contributed by atoms with Crippen LogP contribution in [0.2, 0.25) is 0 Å². The molecule has 0 aliphatic carbocycles. The summed E-state index contributed by atoms with van der Waals surface area (Å²) in [6, 6.07) is 22.1. The molecule has 1 fully saturated rings. The molecular formula is C29H29NO5. The molecule has 1 aliphatic heterocycles. The van der Waals surface area contributed by atoms with Crippen molar-refractivity contribution < 1.29 is 24.2 Å². The van der Waals surface area contributed by atoms with E-state index in [1.165, 1.54) is 4.90 Å². The topological polar surface area (TPSA) is 76.1 Å². The molecule has 35 heavy (non-hydrogen) atoms. The standard InChI is InChI=1S/C29H29NO5/c1-19-9-11-22(12-10-19)26-25(28(32)29(33)30(26)15-16-34-3)27(31)24-14-13-23(17-20(24)2)35-18-21-7-5-4-6-8-21/h4-14,17,26,31H,15-16,18H2,1-3H3/b27-25+/t26-/m1/s1. The van der Waals surface area contributed by atoms with Gasteiger partial charge >= 0.3 is 0 Å². The van der Waals surface area contributed by atoms with Gasteiger partial charge in [0.25, 0.3) is 11.7 Å². The SMILES string of the molecule is COCCN1C(=O)C(=O)/C(=C(/O)c2ccc(OCc3ccccc3)cc2C)[C@H]1c1ccc(C)cc1. The van der Waals surface area contributed by atoms with Gasteiger partial charge in [-0.2, -0.15) is 0 Å². The number of methoxy groups -OCH3 is 1. The molecule has 1 atom stereocenters. The van der Waals surface area contributed by atoms with Crippen LogP contribution in [0.5, 0.6) is 5.75 Å². The highest BCUT2D eigenvalue weighted by atomic mass is 16.5. The van der Waals surface area contributed by atoms with E-state index >= 15 is 0 Å². The van der Waals surface area contributed by atoms with E-state index < -0.39 is 17.7 Å². The summed E-state index contributed by atoms with van der Waals surface area (Å²) < 4.78 is 11.1. The molecule has 6 heteroatoms. The van der Waals surface area contributed by atoms with E-state index in [1.807, 2.05) is 74.5 Å².